The first-order valence-electron chi connectivity index (χ1n) is 3.84. The second kappa shape index (κ2) is 4.36. The Morgan fingerprint density at radius 2 is 2.08 bits per heavy atom. The Labute approximate surface area is 90.1 Å². The molecule has 0 unspecified atom stereocenters. The van der Waals surface area contributed by atoms with Crippen molar-refractivity contribution in [3.63, 3.8) is 0 Å². The van der Waals surface area contributed by atoms with Crippen molar-refractivity contribution in [2.45, 2.75) is 6.04 Å². The molecule has 13 heavy (non-hydrogen) atoms. The minimum atomic E-state index is -0.330. The molecule has 0 spiro atoms. The predicted molar refractivity (Wildman–Crippen MR) is 44.8 cm³/mol. The molecular formula is C9H10LiNO2. The number of carbonyl (C=O) groups is 1. The monoisotopic (exact) mass is 171 g/mol. The van der Waals surface area contributed by atoms with Crippen LogP contribution in [0, 0.1) is 0 Å². The summed E-state index contributed by atoms with van der Waals surface area (Å²) >= 11 is 0. The normalized spacial score (nSPS) is 20.0. The van der Waals surface area contributed by atoms with Gasteiger partial charge in [-0.15, -0.1) is 0 Å². The molecule has 1 fully saturated rings. The Morgan fingerprint density at radius 3 is 2.62 bits per heavy atom. The summed E-state index contributed by atoms with van der Waals surface area (Å²) in [5, 5.41) is 2.71. The molecule has 1 aliphatic rings. The van der Waals surface area contributed by atoms with E-state index in [0.29, 0.717) is 6.61 Å². The van der Waals surface area contributed by atoms with Gasteiger partial charge in [-0.25, -0.2) is 4.79 Å². The minimum absolute atomic E-state index is 0. The first kappa shape index (κ1) is 10.2. The molecule has 1 amide bonds. The molecule has 0 saturated carbocycles. The number of benzene rings is 1. The molecule has 2 rings (SSSR count). The smallest absolute Gasteiger partial charge is 1.00 e. The van der Waals surface area contributed by atoms with E-state index in [1.807, 2.05) is 30.3 Å². The molecule has 1 aromatic carbocycles. The summed E-state index contributed by atoms with van der Waals surface area (Å²) in [6, 6.07) is 9.80. The molecule has 1 aliphatic heterocycles. The van der Waals surface area contributed by atoms with Crippen molar-refractivity contribution in [2.24, 2.45) is 0 Å². The fraction of sp³-hybridized carbons (Fsp3) is 0.222. The van der Waals surface area contributed by atoms with Crippen LogP contribution >= 0.6 is 0 Å². The van der Waals surface area contributed by atoms with E-state index in [-0.39, 0.29) is 32.4 Å². The fourth-order valence-corrected chi connectivity index (χ4v) is 1.25. The van der Waals surface area contributed by atoms with Gasteiger partial charge in [-0.3, -0.25) is 0 Å². The van der Waals surface area contributed by atoms with Gasteiger partial charge >= 0.3 is 25.0 Å². The van der Waals surface area contributed by atoms with Crippen molar-refractivity contribution in [3.05, 3.63) is 35.9 Å². The van der Waals surface area contributed by atoms with E-state index in [9.17, 15) is 4.79 Å². The van der Waals surface area contributed by atoms with Gasteiger partial charge in [0, 0.05) is 0 Å². The molecule has 1 N–H and O–H groups in total. The topological polar surface area (TPSA) is 38.3 Å². The molecule has 0 aromatic heterocycles. The fourth-order valence-electron chi connectivity index (χ4n) is 1.25. The van der Waals surface area contributed by atoms with Crippen molar-refractivity contribution in [3.8, 4) is 0 Å². The molecular weight excluding hydrogens is 161 g/mol. The second-order valence-corrected chi connectivity index (χ2v) is 2.71. The first-order chi connectivity index (χ1) is 5.86. The Balaban J connectivity index is 0.000000845. The van der Waals surface area contributed by atoms with Crippen molar-refractivity contribution in [2.75, 3.05) is 6.61 Å². The Hall–Kier alpha value is -0.913. The van der Waals surface area contributed by atoms with Crippen molar-refractivity contribution in [1.29, 1.82) is 0 Å². The van der Waals surface area contributed by atoms with E-state index >= 15 is 0 Å². The van der Waals surface area contributed by atoms with Crippen molar-refractivity contribution in [1.82, 2.24) is 5.32 Å². The van der Waals surface area contributed by atoms with E-state index in [1.165, 1.54) is 0 Å². The van der Waals surface area contributed by atoms with Crippen LogP contribution in [0.3, 0.4) is 0 Å². The molecule has 1 heterocycles. The largest absolute Gasteiger partial charge is 1.00 e. The summed E-state index contributed by atoms with van der Waals surface area (Å²) in [6.07, 6.45) is -0.330. The van der Waals surface area contributed by atoms with Gasteiger partial charge in [-0.2, -0.15) is 0 Å². The van der Waals surface area contributed by atoms with E-state index in [1.54, 1.807) is 0 Å². The molecule has 0 bridgehead atoms. The summed E-state index contributed by atoms with van der Waals surface area (Å²) < 4.78 is 4.77. The van der Waals surface area contributed by atoms with Gasteiger partial charge in [0.25, 0.3) is 0 Å². The number of ether oxygens (including phenoxy) is 1. The summed E-state index contributed by atoms with van der Waals surface area (Å²) in [4.78, 5) is 10.7. The number of hydrogen-bond donors (Lipinski definition) is 1. The average molecular weight is 171 g/mol. The summed E-state index contributed by atoms with van der Waals surface area (Å²) in [5.74, 6) is 0. The number of amides is 1. The number of rotatable bonds is 1. The molecule has 1 atom stereocenters. The SMILES string of the molecule is O=C1N[C@H](c2ccccc2)CO1.[H-].[Li+]. The Kier molecular flexibility index (Phi) is 3.41. The van der Waals surface area contributed by atoms with E-state index in [2.05, 4.69) is 5.32 Å². The third-order valence-electron chi connectivity index (χ3n) is 1.88. The zero-order valence-corrected chi connectivity index (χ0v) is 7.49. The van der Waals surface area contributed by atoms with Gasteiger partial charge < -0.3 is 11.5 Å². The molecule has 1 saturated heterocycles. The van der Waals surface area contributed by atoms with E-state index < -0.39 is 0 Å². The maximum absolute atomic E-state index is 10.7. The first-order valence-corrected chi connectivity index (χ1v) is 3.84. The maximum Gasteiger partial charge on any atom is 1.00 e. The quantitative estimate of drug-likeness (QED) is 0.527. The average Bonchev–Trinajstić information content (AvgIpc) is 2.54. The van der Waals surface area contributed by atoms with E-state index in [0.717, 1.165) is 5.56 Å². The van der Waals surface area contributed by atoms with Gasteiger partial charge in [-0.1, -0.05) is 30.3 Å². The van der Waals surface area contributed by atoms with E-state index in [4.69, 9.17) is 4.74 Å². The van der Waals surface area contributed by atoms with Crippen LogP contribution in [0.5, 0.6) is 0 Å². The van der Waals surface area contributed by atoms with Gasteiger partial charge in [-0.05, 0) is 5.56 Å². The zero-order valence-electron chi connectivity index (χ0n) is 8.49. The number of hydrogen-bond acceptors (Lipinski definition) is 2. The third kappa shape index (κ3) is 2.27. The van der Waals surface area contributed by atoms with Gasteiger partial charge in [0.05, 0.1) is 6.04 Å². The number of nitrogens with one attached hydrogen (secondary N) is 1. The van der Waals surface area contributed by atoms with Gasteiger partial charge in [0.2, 0.25) is 0 Å². The summed E-state index contributed by atoms with van der Waals surface area (Å²) in [5.41, 5.74) is 1.09. The Bertz CT molecular complexity index is 294. The third-order valence-corrected chi connectivity index (χ3v) is 1.88. The van der Waals surface area contributed by atoms with Crippen LogP contribution in [0.25, 0.3) is 0 Å². The van der Waals surface area contributed by atoms with Crippen LogP contribution in [-0.2, 0) is 4.74 Å². The number of carbonyl (C=O) groups excluding carboxylic acids is 1. The molecule has 1 aromatic rings. The molecule has 0 aliphatic carbocycles. The zero-order chi connectivity index (χ0) is 8.39. The van der Waals surface area contributed by atoms with Crippen molar-refractivity contribution >= 4 is 6.09 Å². The Morgan fingerprint density at radius 1 is 1.38 bits per heavy atom. The van der Waals surface area contributed by atoms with Crippen LogP contribution in [0.4, 0.5) is 4.79 Å². The van der Waals surface area contributed by atoms with Crippen LogP contribution in [-0.4, -0.2) is 12.7 Å². The molecule has 3 nitrogen and oxygen atoms in total. The molecule has 4 heteroatoms. The molecule has 0 radical (unpaired) electrons. The molecule has 64 valence electrons. The summed E-state index contributed by atoms with van der Waals surface area (Å²) in [7, 11) is 0. The van der Waals surface area contributed by atoms with Gasteiger partial charge in [0.15, 0.2) is 0 Å². The summed E-state index contributed by atoms with van der Waals surface area (Å²) in [6.45, 7) is 0.433. The second-order valence-electron chi connectivity index (χ2n) is 2.71. The van der Waals surface area contributed by atoms with Crippen LogP contribution < -0.4 is 24.2 Å². The maximum atomic E-state index is 10.7. The number of alkyl carbamates (subject to hydrolysis) is 1. The van der Waals surface area contributed by atoms with Crippen molar-refractivity contribution < 1.29 is 29.8 Å². The minimum Gasteiger partial charge on any atom is -1.00 e. The predicted octanol–water partition coefficient (Wildman–Crippen LogP) is -1.42. The number of cyclic esters (lactones) is 1. The van der Waals surface area contributed by atoms with Crippen LogP contribution in [0.2, 0.25) is 0 Å². The standard InChI is InChI=1S/C9H9NO2.Li.H/c11-9-10-8(6-12-9)7-4-2-1-3-5-7;;/h1-5,8H,6H2,(H,10,11);;/q;+1;-1/t8-;;/m0../s1. The van der Waals surface area contributed by atoms with Gasteiger partial charge in [0.1, 0.15) is 6.61 Å². The van der Waals surface area contributed by atoms with Crippen LogP contribution in [0.1, 0.15) is 13.0 Å². The van der Waals surface area contributed by atoms with Crippen LogP contribution in [0.15, 0.2) is 30.3 Å².